The van der Waals surface area contributed by atoms with Crippen LogP contribution in [0.1, 0.15) is 49.7 Å². The van der Waals surface area contributed by atoms with E-state index in [1.165, 1.54) is 0 Å². The Morgan fingerprint density at radius 3 is 2.62 bits per heavy atom. The van der Waals surface area contributed by atoms with E-state index < -0.39 is 0 Å². The highest BCUT2D eigenvalue weighted by Crippen LogP contribution is 2.28. The van der Waals surface area contributed by atoms with E-state index in [9.17, 15) is 4.79 Å². The Balaban J connectivity index is 2.10. The maximum absolute atomic E-state index is 12.8. The van der Waals surface area contributed by atoms with Gasteiger partial charge in [-0.05, 0) is 44.9 Å². The van der Waals surface area contributed by atoms with Gasteiger partial charge in [-0.1, -0.05) is 41.1 Å². The van der Waals surface area contributed by atoms with Gasteiger partial charge in [0.25, 0.3) is 0 Å². The van der Waals surface area contributed by atoms with Gasteiger partial charge in [-0.15, -0.1) is 0 Å². The lowest BCUT2D eigenvalue weighted by molar-refractivity contribution is -0.133. The van der Waals surface area contributed by atoms with E-state index in [1.54, 1.807) is 0 Å². The van der Waals surface area contributed by atoms with E-state index in [0.29, 0.717) is 13.0 Å². The molecular weight excluding hydrogens is 366 g/mol. The van der Waals surface area contributed by atoms with Crippen LogP contribution in [-0.4, -0.2) is 27.1 Å². The molecule has 0 aliphatic carbocycles. The Morgan fingerprint density at radius 2 is 2.04 bits per heavy atom. The summed E-state index contributed by atoms with van der Waals surface area (Å²) in [7, 11) is 0. The molecule has 0 saturated heterocycles. The highest BCUT2D eigenvalue weighted by atomic mass is 79.9. The molecule has 0 fully saturated rings. The monoisotopic (exact) mass is 391 g/mol. The van der Waals surface area contributed by atoms with Gasteiger partial charge in [0.15, 0.2) is 0 Å². The smallest absolute Gasteiger partial charge is 0.224 e. The van der Waals surface area contributed by atoms with Crippen LogP contribution in [0.4, 0.5) is 0 Å². The van der Waals surface area contributed by atoms with Crippen LogP contribution in [-0.2, 0) is 11.3 Å². The van der Waals surface area contributed by atoms with E-state index in [4.69, 9.17) is 0 Å². The molecule has 4 nitrogen and oxygen atoms in total. The lowest BCUT2D eigenvalue weighted by Crippen LogP contribution is -2.35. The van der Waals surface area contributed by atoms with Crippen molar-refractivity contribution in [2.24, 2.45) is 0 Å². The van der Waals surface area contributed by atoms with Gasteiger partial charge in [-0.25, -0.2) is 0 Å². The van der Waals surface area contributed by atoms with Crippen molar-refractivity contribution in [3.63, 3.8) is 0 Å². The van der Waals surface area contributed by atoms with Crippen molar-refractivity contribution < 1.29 is 4.79 Å². The Labute approximate surface area is 153 Å². The van der Waals surface area contributed by atoms with Crippen molar-refractivity contribution in [1.82, 2.24) is 14.7 Å². The Morgan fingerprint density at radius 1 is 1.33 bits per heavy atom. The Kier molecular flexibility index (Phi) is 6.60. The number of carbonyl (C=O) groups excluding carboxylic acids is 1. The molecule has 130 valence electrons. The second kappa shape index (κ2) is 8.47. The third-order valence-corrected chi connectivity index (χ3v) is 4.97. The highest BCUT2D eigenvalue weighted by molar-refractivity contribution is 9.10. The zero-order valence-electron chi connectivity index (χ0n) is 14.9. The number of benzene rings is 1. The zero-order valence-corrected chi connectivity index (χ0v) is 16.5. The normalized spacial score (nSPS) is 12.2. The summed E-state index contributed by atoms with van der Waals surface area (Å²) in [5.41, 5.74) is 3.23. The maximum atomic E-state index is 12.8. The molecule has 0 bridgehead atoms. The van der Waals surface area contributed by atoms with Crippen LogP contribution in [0.5, 0.6) is 0 Å². The first kappa shape index (κ1) is 18.7. The average molecular weight is 392 g/mol. The van der Waals surface area contributed by atoms with Crippen molar-refractivity contribution in [2.45, 2.75) is 53.1 Å². The topological polar surface area (TPSA) is 38.1 Å². The number of carbonyl (C=O) groups is 1. The molecule has 0 radical (unpaired) electrons. The minimum absolute atomic E-state index is 0.0495. The number of aryl methyl sites for hydroxylation is 3. The summed E-state index contributed by atoms with van der Waals surface area (Å²) in [6.45, 7) is 9.59. The quantitative estimate of drug-likeness (QED) is 0.688. The number of hydrogen-bond acceptors (Lipinski definition) is 2. The maximum Gasteiger partial charge on any atom is 0.224 e. The zero-order chi connectivity index (χ0) is 17.7. The van der Waals surface area contributed by atoms with Crippen LogP contribution in [0.15, 0.2) is 34.8 Å². The van der Waals surface area contributed by atoms with Crippen molar-refractivity contribution in [2.75, 3.05) is 6.54 Å². The van der Waals surface area contributed by atoms with Crippen LogP contribution in [0.2, 0.25) is 0 Å². The molecule has 1 heterocycles. The fourth-order valence-corrected chi connectivity index (χ4v) is 3.62. The van der Waals surface area contributed by atoms with Gasteiger partial charge in [0.1, 0.15) is 0 Å². The summed E-state index contributed by atoms with van der Waals surface area (Å²) in [5, 5.41) is 4.44. The lowest BCUT2D eigenvalue weighted by atomic mass is 10.1. The second-order valence-corrected chi connectivity index (χ2v) is 7.04. The second-order valence-electron chi connectivity index (χ2n) is 6.18. The Hall–Kier alpha value is -1.62. The molecule has 2 rings (SSSR count). The van der Waals surface area contributed by atoms with Crippen LogP contribution >= 0.6 is 15.9 Å². The number of hydrogen-bond donors (Lipinski definition) is 0. The molecule has 1 aromatic heterocycles. The summed E-state index contributed by atoms with van der Waals surface area (Å²) in [4.78, 5) is 14.8. The Bertz CT molecular complexity index is 696. The summed E-state index contributed by atoms with van der Waals surface area (Å²) < 4.78 is 2.96. The molecule has 24 heavy (non-hydrogen) atoms. The van der Waals surface area contributed by atoms with E-state index in [1.807, 2.05) is 47.7 Å². The molecule has 5 heteroatoms. The van der Waals surface area contributed by atoms with Crippen LogP contribution in [0.3, 0.4) is 0 Å². The van der Waals surface area contributed by atoms with Gasteiger partial charge in [-0.2, -0.15) is 5.10 Å². The predicted molar refractivity (Wildman–Crippen MR) is 101 cm³/mol. The molecule has 0 N–H and O–H groups in total. The standard InChI is InChI=1S/C19H26BrN3O/c1-5-11-22(16(4)17-8-6-7-9-18(17)20)19(24)10-12-23-15(3)13-14(2)21-23/h6-9,13,16H,5,10-12H2,1-4H3. The first-order valence-corrected chi connectivity index (χ1v) is 9.28. The molecule has 2 aromatic rings. The minimum Gasteiger partial charge on any atom is -0.336 e. The van der Waals surface area contributed by atoms with Gasteiger partial charge in [0.2, 0.25) is 5.91 Å². The van der Waals surface area contributed by atoms with E-state index in [0.717, 1.165) is 34.4 Å². The molecular formula is C19H26BrN3O. The van der Waals surface area contributed by atoms with Crippen LogP contribution < -0.4 is 0 Å². The van der Waals surface area contributed by atoms with E-state index in [-0.39, 0.29) is 11.9 Å². The van der Waals surface area contributed by atoms with Gasteiger partial charge in [0, 0.05) is 29.7 Å². The largest absolute Gasteiger partial charge is 0.336 e. The predicted octanol–water partition coefficient (Wildman–Crippen LogP) is 4.65. The molecule has 0 spiro atoms. The third kappa shape index (κ3) is 4.47. The number of aromatic nitrogens is 2. The van der Waals surface area contributed by atoms with Gasteiger partial charge in [0.05, 0.1) is 11.7 Å². The number of halogens is 1. The molecule has 1 amide bonds. The van der Waals surface area contributed by atoms with E-state index in [2.05, 4.69) is 40.9 Å². The number of nitrogens with zero attached hydrogens (tertiary/aromatic N) is 3. The highest BCUT2D eigenvalue weighted by Gasteiger charge is 2.22. The minimum atomic E-state index is 0.0495. The van der Waals surface area contributed by atoms with Gasteiger partial charge in [-0.3, -0.25) is 9.48 Å². The van der Waals surface area contributed by atoms with Crippen molar-refractivity contribution >= 4 is 21.8 Å². The molecule has 0 aliphatic rings. The molecule has 1 aromatic carbocycles. The van der Waals surface area contributed by atoms with Crippen LogP contribution in [0.25, 0.3) is 0 Å². The van der Waals surface area contributed by atoms with Gasteiger partial charge >= 0.3 is 0 Å². The average Bonchev–Trinajstić information content (AvgIpc) is 2.88. The van der Waals surface area contributed by atoms with Gasteiger partial charge < -0.3 is 4.90 Å². The fourth-order valence-electron chi connectivity index (χ4n) is 3.00. The number of amides is 1. The molecule has 0 aliphatic heterocycles. The van der Waals surface area contributed by atoms with Crippen LogP contribution in [0, 0.1) is 13.8 Å². The molecule has 1 atom stereocenters. The summed E-state index contributed by atoms with van der Waals surface area (Å²) in [6.07, 6.45) is 1.41. The van der Waals surface area contributed by atoms with Crippen molar-refractivity contribution in [1.29, 1.82) is 0 Å². The summed E-state index contributed by atoms with van der Waals surface area (Å²) in [5.74, 6) is 0.174. The third-order valence-electron chi connectivity index (χ3n) is 4.25. The first-order chi connectivity index (χ1) is 11.4. The van der Waals surface area contributed by atoms with Crippen molar-refractivity contribution in [3.8, 4) is 0 Å². The van der Waals surface area contributed by atoms with Crippen molar-refractivity contribution in [3.05, 3.63) is 51.8 Å². The number of rotatable bonds is 7. The SMILES string of the molecule is CCCN(C(=O)CCn1nc(C)cc1C)C(C)c1ccccc1Br. The summed E-state index contributed by atoms with van der Waals surface area (Å²) in [6, 6.07) is 10.2. The lowest BCUT2D eigenvalue weighted by Gasteiger charge is -2.30. The first-order valence-electron chi connectivity index (χ1n) is 8.49. The fraction of sp³-hybridized carbons (Fsp3) is 0.474. The molecule has 1 unspecified atom stereocenters. The summed E-state index contributed by atoms with van der Waals surface area (Å²) >= 11 is 3.60. The van der Waals surface area contributed by atoms with E-state index >= 15 is 0 Å². The molecule has 0 saturated carbocycles.